The number of carbonyl (C=O) groups excluding carboxylic acids is 1. The van der Waals surface area contributed by atoms with Crippen LogP contribution >= 0.6 is 0 Å². The lowest BCUT2D eigenvalue weighted by atomic mass is 10.1. The fourth-order valence-electron chi connectivity index (χ4n) is 2.54. The van der Waals surface area contributed by atoms with Crippen molar-refractivity contribution in [2.75, 3.05) is 6.54 Å². The first kappa shape index (κ1) is 15.2. The molecule has 7 nitrogen and oxygen atoms in total. The molecule has 0 radical (unpaired) electrons. The van der Waals surface area contributed by atoms with E-state index in [0.29, 0.717) is 18.6 Å². The quantitative estimate of drug-likeness (QED) is 0.921. The zero-order valence-electron chi connectivity index (χ0n) is 13.1. The van der Waals surface area contributed by atoms with Gasteiger partial charge in [-0.1, -0.05) is 18.1 Å². The predicted molar refractivity (Wildman–Crippen MR) is 85.7 cm³/mol. The number of aryl methyl sites for hydroxylation is 1. The number of hydrogen-bond donors (Lipinski definition) is 1. The second kappa shape index (κ2) is 6.20. The molecule has 1 unspecified atom stereocenters. The lowest BCUT2D eigenvalue weighted by Crippen LogP contribution is -2.36. The van der Waals surface area contributed by atoms with E-state index >= 15 is 0 Å². The summed E-state index contributed by atoms with van der Waals surface area (Å²) in [5, 5.41) is 6.66. The smallest absolute Gasteiger partial charge is 0.270 e. The van der Waals surface area contributed by atoms with E-state index in [2.05, 4.69) is 15.5 Å². The van der Waals surface area contributed by atoms with E-state index in [4.69, 9.17) is 4.84 Å². The molecule has 0 bridgehead atoms. The van der Waals surface area contributed by atoms with Crippen LogP contribution < -0.4 is 10.9 Å². The molecule has 1 amide bonds. The lowest BCUT2D eigenvalue weighted by molar-refractivity contribution is 0.0752. The van der Waals surface area contributed by atoms with Gasteiger partial charge in [-0.3, -0.25) is 14.0 Å². The van der Waals surface area contributed by atoms with Crippen molar-refractivity contribution in [1.82, 2.24) is 14.7 Å². The van der Waals surface area contributed by atoms with Gasteiger partial charge >= 0.3 is 0 Å². The summed E-state index contributed by atoms with van der Waals surface area (Å²) in [6.45, 7) is 4.11. The maximum Gasteiger partial charge on any atom is 0.270 e. The molecule has 1 aliphatic heterocycles. The fourth-order valence-corrected chi connectivity index (χ4v) is 2.54. The third-order valence-electron chi connectivity index (χ3n) is 3.86. The molecule has 23 heavy (non-hydrogen) atoms. The van der Waals surface area contributed by atoms with E-state index in [1.54, 1.807) is 19.1 Å². The largest absolute Gasteiger partial charge is 0.390 e. The summed E-state index contributed by atoms with van der Waals surface area (Å²) in [6, 6.07) is 5.35. The van der Waals surface area contributed by atoms with E-state index in [0.717, 1.165) is 17.8 Å². The van der Waals surface area contributed by atoms with Gasteiger partial charge in [0.25, 0.3) is 11.5 Å². The molecule has 7 heteroatoms. The first-order chi connectivity index (χ1) is 11.1. The maximum atomic E-state index is 12.5. The van der Waals surface area contributed by atoms with Crippen molar-refractivity contribution in [3.8, 4) is 0 Å². The van der Waals surface area contributed by atoms with Crippen molar-refractivity contribution < 1.29 is 9.63 Å². The molecular formula is C16H18N4O3. The number of aromatic nitrogens is 2. The van der Waals surface area contributed by atoms with Crippen LogP contribution in [0.3, 0.4) is 0 Å². The van der Waals surface area contributed by atoms with E-state index in [1.807, 2.05) is 13.0 Å². The van der Waals surface area contributed by atoms with Crippen LogP contribution in [0.5, 0.6) is 0 Å². The first-order valence-corrected chi connectivity index (χ1v) is 7.57. The Balaban J connectivity index is 1.76. The van der Waals surface area contributed by atoms with Crippen LogP contribution in [-0.2, 0) is 4.84 Å². The highest BCUT2D eigenvalue weighted by Crippen LogP contribution is 2.11. The van der Waals surface area contributed by atoms with Crippen molar-refractivity contribution in [3.63, 3.8) is 0 Å². The number of oxime groups is 1. The SMILES string of the molecule is CCC1=NOC(CNC(=O)c2cnc3cccc(C)n3c2=O)C1. The second-order valence-corrected chi connectivity index (χ2v) is 5.49. The highest BCUT2D eigenvalue weighted by molar-refractivity contribution is 5.93. The topological polar surface area (TPSA) is 85.1 Å². The Kier molecular flexibility index (Phi) is 4.10. The third kappa shape index (κ3) is 2.94. The molecule has 0 saturated heterocycles. The van der Waals surface area contributed by atoms with Crippen LogP contribution in [0.1, 0.15) is 35.8 Å². The molecule has 0 spiro atoms. The van der Waals surface area contributed by atoms with E-state index in [1.165, 1.54) is 10.6 Å². The first-order valence-electron chi connectivity index (χ1n) is 7.57. The van der Waals surface area contributed by atoms with Gasteiger partial charge in [0, 0.05) is 18.3 Å². The van der Waals surface area contributed by atoms with Gasteiger partial charge in [-0.25, -0.2) is 4.98 Å². The number of rotatable bonds is 4. The molecule has 3 heterocycles. The molecule has 120 valence electrons. The Hall–Kier alpha value is -2.70. The highest BCUT2D eigenvalue weighted by atomic mass is 16.6. The number of nitrogens with one attached hydrogen (secondary N) is 1. The summed E-state index contributed by atoms with van der Waals surface area (Å²) in [7, 11) is 0. The van der Waals surface area contributed by atoms with Gasteiger partial charge in [0.05, 0.1) is 12.3 Å². The molecular weight excluding hydrogens is 296 g/mol. The zero-order chi connectivity index (χ0) is 16.4. The molecule has 0 fully saturated rings. The molecule has 3 rings (SSSR count). The predicted octanol–water partition coefficient (Wildman–Crippen LogP) is 1.29. The zero-order valence-corrected chi connectivity index (χ0v) is 13.1. The van der Waals surface area contributed by atoms with Crippen LogP contribution in [0.4, 0.5) is 0 Å². The Bertz CT molecular complexity index is 841. The summed E-state index contributed by atoms with van der Waals surface area (Å²) in [6.07, 6.45) is 2.67. The summed E-state index contributed by atoms with van der Waals surface area (Å²) < 4.78 is 1.43. The number of nitrogens with zero attached hydrogens (tertiary/aromatic N) is 3. The van der Waals surface area contributed by atoms with Crippen LogP contribution in [0, 0.1) is 6.92 Å². The molecule has 0 aliphatic carbocycles. The number of fused-ring (bicyclic) bond motifs is 1. The minimum atomic E-state index is -0.450. The van der Waals surface area contributed by atoms with Gasteiger partial charge in [-0.2, -0.15) is 0 Å². The summed E-state index contributed by atoms with van der Waals surface area (Å²) in [4.78, 5) is 34.2. The maximum absolute atomic E-state index is 12.5. The summed E-state index contributed by atoms with van der Waals surface area (Å²) in [5.74, 6) is -0.450. The number of hydrogen-bond acceptors (Lipinski definition) is 5. The number of carbonyl (C=O) groups is 1. The van der Waals surface area contributed by atoms with Crippen molar-refractivity contribution >= 4 is 17.3 Å². The third-order valence-corrected chi connectivity index (χ3v) is 3.86. The Morgan fingerprint density at radius 3 is 3.04 bits per heavy atom. The highest BCUT2D eigenvalue weighted by Gasteiger charge is 2.21. The fraction of sp³-hybridized carbons (Fsp3) is 0.375. The van der Waals surface area contributed by atoms with Gasteiger partial charge in [-0.15, -0.1) is 0 Å². The Morgan fingerprint density at radius 2 is 2.30 bits per heavy atom. The van der Waals surface area contributed by atoms with Crippen LogP contribution in [0.15, 0.2) is 34.3 Å². The van der Waals surface area contributed by atoms with Gasteiger partial charge in [-0.05, 0) is 25.5 Å². The number of pyridine rings is 1. The molecule has 2 aromatic rings. The molecule has 0 saturated carbocycles. The van der Waals surface area contributed by atoms with E-state index in [-0.39, 0.29) is 17.2 Å². The standard InChI is InChI=1S/C16H18N4O3/c1-3-11-7-12(23-19-11)8-18-15(21)13-9-17-14-6-4-5-10(2)20(14)16(13)22/h4-6,9,12H,3,7-8H2,1-2H3,(H,18,21). The molecule has 2 aromatic heterocycles. The molecule has 1 aliphatic rings. The van der Waals surface area contributed by atoms with Crippen molar-refractivity contribution in [2.45, 2.75) is 32.8 Å². The average Bonchev–Trinajstić information content (AvgIpc) is 3.01. The summed E-state index contributed by atoms with van der Waals surface area (Å²) in [5.41, 5.74) is 1.88. The van der Waals surface area contributed by atoms with Crippen LogP contribution in [0.25, 0.3) is 5.65 Å². The molecule has 1 atom stereocenters. The van der Waals surface area contributed by atoms with Crippen molar-refractivity contribution in [2.24, 2.45) is 5.16 Å². The van der Waals surface area contributed by atoms with Crippen molar-refractivity contribution in [1.29, 1.82) is 0 Å². The Morgan fingerprint density at radius 1 is 1.48 bits per heavy atom. The van der Waals surface area contributed by atoms with E-state index in [9.17, 15) is 9.59 Å². The molecule has 1 N–H and O–H groups in total. The van der Waals surface area contributed by atoms with Gasteiger partial charge in [0.15, 0.2) is 0 Å². The average molecular weight is 314 g/mol. The molecule has 0 aromatic carbocycles. The second-order valence-electron chi connectivity index (χ2n) is 5.49. The van der Waals surface area contributed by atoms with Gasteiger partial charge < -0.3 is 10.2 Å². The monoisotopic (exact) mass is 314 g/mol. The lowest BCUT2D eigenvalue weighted by Gasteiger charge is -2.10. The minimum Gasteiger partial charge on any atom is -0.390 e. The van der Waals surface area contributed by atoms with Crippen molar-refractivity contribution in [3.05, 3.63) is 46.0 Å². The number of amides is 1. The van der Waals surface area contributed by atoms with E-state index < -0.39 is 5.91 Å². The van der Waals surface area contributed by atoms with Crippen LogP contribution in [0.2, 0.25) is 0 Å². The van der Waals surface area contributed by atoms with Gasteiger partial charge in [0.2, 0.25) is 0 Å². The minimum absolute atomic E-state index is 0.0198. The van der Waals surface area contributed by atoms with Gasteiger partial charge in [0.1, 0.15) is 17.3 Å². The summed E-state index contributed by atoms with van der Waals surface area (Å²) >= 11 is 0. The van der Waals surface area contributed by atoms with Crippen LogP contribution in [-0.4, -0.2) is 33.7 Å². The Labute approximate surface area is 133 Å². The normalized spacial score (nSPS) is 17.0.